The molecule has 0 bridgehead atoms. The number of pyridine rings is 1. The molecule has 0 unspecified atom stereocenters. The number of nitrogens with two attached hydrogens (primary N) is 2. The van der Waals surface area contributed by atoms with Crippen molar-refractivity contribution in [2.24, 2.45) is 12.8 Å². The molecule has 2 heterocycles. The SMILES string of the molecule is Cn1cnnc1Sc1ncc(N)cc1C(N)=O. The summed E-state index contributed by atoms with van der Waals surface area (Å²) >= 11 is 1.21. The molecule has 0 saturated carbocycles. The Balaban J connectivity index is 2.39. The summed E-state index contributed by atoms with van der Waals surface area (Å²) in [6, 6.07) is 1.49. The van der Waals surface area contributed by atoms with Crippen LogP contribution in [-0.2, 0) is 7.05 Å². The number of hydrogen-bond donors (Lipinski definition) is 2. The normalized spacial score (nSPS) is 10.4. The van der Waals surface area contributed by atoms with Crippen molar-refractivity contribution >= 4 is 23.4 Å². The number of carbonyl (C=O) groups excluding carboxylic acids is 1. The van der Waals surface area contributed by atoms with Gasteiger partial charge in [-0.2, -0.15) is 0 Å². The molecule has 1 amide bonds. The molecule has 88 valence electrons. The van der Waals surface area contributed by atoms with Crippen molar-refractivity contribution in [3.63, 3.8) is 0 Å². The number of nitrogens with zero attached hydrogens (tertiary/aromatic N) is 4. The van der Waals surface area contributed by atoms with Gasteiger partial charge in [-0.25, -0.2) is 4.98 Å². The van der Waals surface area contributed by atoms with E-state index in [-0.39, 0.29) is 5.56 Å². The number of carbonyl (C=O) groups is 1. The van der Waals surface area contributed by atoms with E-state index >= 15 is 0 Å². The van der Waals surface area contributed by atoms with Crippen molar-refractivity contribution in [2.45, 2.75) is 10.2 Å². The van der Waals surface area contributed by atoms with Gasteiger partial charge in [-0.1, -0.05) is 0 Å². The fourth-order valence-corrected chi connectivity index (χ4v) is 2.00. The van der Waals surface area contributed by atoms with Crippen molar-refractivity contribution in [3.05, 3.63) is 24.2 Å². The Morgan fingerprint density at radius 2 is 2.29 bits per heavy atom. The highest BCUT2D eigenvalue weighted by Crippen LogP contribution is 2.27. The van der Waals surface area contributed by atoms with Gasteiger partial charge >= 0.3 is 0 Å². The standard InChI is InChI=1S/C9H10N6OS/c1-15-4-13-14-9(15)17-8-6(7(11)16)2-5(10)3-12-8/h2-4H,10H2,1H3,(H2,11,16). The minimum Gasteiger partial charge on any atom is -0.397 e. The van der Waals surface area contributed by atoms with Crippen LogP contribution >= 0.6 is 11.8 Å². The number of rotatable bonds is 3. The quantitative estimate of drug-likeness (QED) is 0.795. The highest BCUT2D eigenvalue weighted by atomic mass is 32.2. The number of hydrogen-bond acceptors (Lipinski definition) is 6. The molecule has 0 aliphatic heterocycles. The third-order valence-corrected chi connectivity index (χ3v) is 3.07. The summed E-state index contributed by atoms with van der Waals surface area (Å²) in [5.41, 5.74) is 11.5. The van der Waals surface area contributed by atoms with Crippen LogP contribution in [0.5, 0.6) is 0 Å². The molecule has 0 saturated heterocycles. The highest BCUT2D eigenvalue weighted by Gasteiger charge is 2.14. The molecule has 0 radical (unpaired) electrons. The van der Waals surface area contributed by atoms with E-state index in [9.17, 15) is 4.79 Å². The van der Waals surface area contributed by atoms with Gasteiger partial charge in [-0.15, -0.1) is 10.2 Å². The monoisotopic (exact) mass is 250 g/mol. The summed E-state index contributed by atoms with van der Waals surface area (Å²) in [7, 11) is 1.80. The Bertz CT molecular complexity index is 566. The molecule has 2 rings (SSSR count). The summed E-state index contributed by atoms with van der Waals surface area (Å²) in [5.74, 6) is -0.575. The number of nitrogen functional groups attached to an aromatic ring is 1. The average molecular weight is 250 g/mol. The zero-order valence-electron chi connectivity index (χ0n) is 8.99. The van der Waals surface area contributed by atoms with E-state index in [4.69, 9.17) is 11.5 Å². The summed E-state index contributed by atoms with van der Waals surface area (Å²) < 4.78 is 1.72. The van der Waals surface area contributed by atoms with Crippen molar-refractivity contribution in [3.8, 4) is 0 Å². The first-order chi connectivity index (χ1) is 8.08. The maximum atomic E-state index is 11.3. The predicted octanol–water partition coefficient (Wildman–Crippen LogP) is 0.0424. The average Bonchev–Trinajstić information content (AvgIpc) is 2.67. The van der Waals surface area contributed by atoms with Gasteiger partial charge in [0.2, 0.25) is 0 Å². The van der Waals surface area contributed by atoms with E-state index in [2.05, 4.69) is 15.2 Å². The molecule has 4 N–H and O–H groups in total. The Labute approximate surface area is 101 Å². The Hall–Kier alpha value is -2.09. The second-order valence-electron chi connectivity index (χ2n) is 3.31. The number of amides is 1. The molecular weight excluding hydrogens is 240 g/mol. The first kappa shape index (κ1) is 11.4. The van der Waals surface area contributed by atoms with Crippen LogP contribution in [0.15, 0.2) is 28.8 Å². The van der Waals surface area contributed by atoms with Crippen LogP contribution in [0.3, 0.4) is 0 Å². The molecule has 0 spiro atoms. The van der Waals surface area contributed by atoms with E-state index < -0.39 is 5.91 Å². The van der Waals surface area contributed by atoms with E-state index in [1.807, 2.05) is 0 Å². The third kappa shape index (κ3) is 2.36. The second kappa shape index (κ2) is 4.42. The van der Waals surface area contributed by atoms with Gasteiger partial charge in [0.1, 0.15) is 11.4 Å². The minimum absolute atomic E-state index is 0.276. The van der Waals surface area contributed by atoms with Gasteiger partial charge in [0.15, 0.2) is 5.16 Å². The fraction of sp³-hybridized carbons (Fsp3) is 0.111. The number of anilines is 1. The molecule has 17 heavy (non-hydrogen) atoms. The van der Waals surface area contributed by atoms with Gasteiger partial charge in [0.25, 0.3) is 5.91 Å². The van der Waals surface area contributed by atoms with E-state index in [0.717, 1.165) is 0 Å². The van der Waals surface area contributed by atoms with Gasteiger partial charge in [0.05, 0.1) is 17.4 Å². The van der Waals surface area contributed by atoms with Crippen molar-refractivity contribution in [1.82, 2.24) is 19.7 Å². The predicted molar refractivity (Wildman–Crippen MR) is 62.3 cm³/mol. The summed E-state index contributed by atoms with van der Waals surface area (Å²) in [6.07, 6.45) is 3.02. The fourth-order valence-electron chi connectivity index (χ4n) is 1.18. The second-order valence-corrected chi connectivity index (χ2v) is 4.27. The molecule has 0 aliphatic rings. The van der Waals surface area contributed by atoms with Crippen LogP contribution < -0.4 is 11.5 Å². The number of aryl methyl sites for hydroxylation is 1. The molecule has 0 aliphatic carbocycles. The first-order valence-electron chi connectivity index (χ1n) is 4.65. The zero-order valence-corrected chi connectivity index (χ0v) is 9.81. The molecule has 2 aromatic rings. The first-order valence-corrected chi connectivity index (χ1v) is 5.46. The van der Waals surface area contributed by atoms with Crippen molar-refractivity contribution < 1.29 is 4.79 Å². The minimum atomic E-state index is -0.575. The lowest BCUT2D eigenvalue weighted by Gasteiger charge is -2.05. The van der Waals surface area contributed by atoms with Crippen molar-refractivity contribution in [1.29, 1.82) is 0 Å². The largest absolute Gasteiger partial charge is 0.397 e. The Morgan fingerprint density at radius 1 is 1.53 bits per heavy atom. The number of primary amides is 1. The van der Waals surface area contributed by atoms with Gasteiger partial charge < -0.3 is 16.0 Å². The van der Waals surface area contributed by atoms with Gasteiger partial charge in [-0.05, 0) is 17.8 Å². The van der Waals surface area contributed by atoms with Crippen LogP contribution in [-0.4, -0.2) is 25.7 Å². The lowest BCUT2D eigenvalue weighted by atomic mass is 10.2. The van der Waals surface area contributed by atoms with Crippen molar-refractivity contribution in [2.75, 3.05) is 5.73 Å². The summed E-state index contributed by atoms with van der Waals surface area (Å²) in [5, 5.41) is 8.70. The third-order valence-electron chi connectivity index (χ3n) is 2.00. The maximum Gasteiger partial charge on any atom is 0.251 e. The van der Waals surface area contributed by atoms with E-state index in [1.165, 1.54) is 24.0 Å². The molecule has 0 atom stereocenters. The lowest BCUT2D eigenvalue weighted by molar-refractivity contribution is 0.0997. The molecule has 0 aromatic carbocycles. The zero-order chi connectivity index (χ0) is 12.4. The Morgan fingerprint density at radius 3 is 2.88 bits per heavy atom. The van der Waals surface area contributed by atoms with Crippen LogP contribution in [0.2, 0.25) is 0 Å². The topological polar surface area (TPSA) is 113 Å². The van der Waals surface area contributed by atoms with Gasteiger partial charge in [0, 0.05) is 7.05 Å². The van der Waals surface area contributed by atoms with Crippen LogP contribution in [0.1, 0.15) is 10.4 Å². The van der Waals surface area contributed by atoms with Crippen LogP contribution in [0.4, 0.5) is 5.69 Å². The lowest BCUT2D eigenvalue weighted by Crippen LogP contribution is -2.13. The summed E-state index contributed by atoms with van der Waals surface area (Å²) in [6.45, 7) is 0. The van der Waals surface area contributed by atoms with E-state index in [1.54, 1.807) is 17.9 Å². The Kier molecular flexibility index (Phi) is 2.96. The molecule has 7 nitrogen and oxygen atoms in total. The maximum absolute atomic E-state index is 11.3. The molecule has 2 aromatic heterocycles. The summed E-state index contributed by atoms with van der Waals surface area (Å²) in [4.78, 5) is 15.3. The van der Waals surface area contributed by atoms with Gasteiger partial charge in [-0.3, -0.25) is 4.79 Å². The van der Waals surface area contributed by atoms with Crippen LogP contribution in [0.25, 0.3) is 0 Å². The molecule has 8 heteroatoms. The molecular formula is C9H10N6OS. The van der Waals surface area contributed by atoms with E-state index in [0.29, 0.717) is 15.9 Å². The smallest absolute Gasteiger partial charge is 0.251 e. The highest BCUT2D eigenvalue weighted by molar-refractivity contribution is 7.99. The molecule has 0 fully saturated rings. The number of aromatic nitrogens is 4. The van der Waals surface area contributed by atoms with Crippen LogP contribution in [0, 0.1) is 0 Å².